The molecule has 0 unspecified atom stereocenters. The molecule has 3 heterocycles. The first-order valence-electron chi connectivity index (χ1n) is 8.95. The predicted octanol–water partition coefficient (Wildman–Crippen LogP) is 4.60. The Morgan fingerprint density at radius 3 is 2.62 bits per heavy atom. The summed E-state index contributed by atoms with van der Waals surface area (Å²) in [5.74, 6) is 0.488. The van der Waals surface area contributed by atoms with E-state index in [2.05, 4.69) is 10.1 Å². The van der Waals surface area contributed by atoms with Crippen molar-refractivity contribution in [2.75, 3.05) is 0 Å². The Balaban J connectivity index is 1.76. The summed E-state index contributed by atoms with van der Waals surface area (Å²) >= 11 is 12.2. The zero-order valence-corrected chi connectivity index (χ0v) is 17.6. The molecule has 148 valence electrons. The Hall–Kier alpha value is -2.83. The lowest BCUT2D eigenvalue weighted by molar-refractivity contribution is 0.308. The molecule has 0 aliphatic heterocycles. The van der Waals surface area contributed by atoms with Crippen LogP contribution in [-0.4, -0.2) is 19.2 Å². The number of hydrogen-bond acceptors (Lipinski definition) is 4. The van der Waals surface area contributed by atoms with Gasteiger partial charge in [-0.05, 0) is 44.2 Å². The van der Waals surface area contributed by atoms with E-state index in [9.17, 15) is 4.79 Å². The molecule has 6 nitrogen and oxygen atoms in total. The second-order valence-electron chi connectivity index (χ2n) is 6.76. The van der Waals surface area contributed by atoms with Crippen LogP contribution in [0.5, 0.6) is 5.75 Å². The number of nitrogens with zero attached hydrogens (tertiary/aromatic N) is 4. The average molecular weight is 429 g/mol. The third-order valence-corrected chi connectivity index (χ3v) is 5.35. The summed E-state index contributed by atoms with van der Waals surface area (Å²) in [6.07, 6.45) is 1.67. The third-order valence-electron chi connectivity index (χ3n) is 4.77. The molecule has 0 atom stereocenters. The van der Waals surface area contributed by atoms with Crippen molar-refractivity contribution in [3.63, 3.8) is 0 Å². The summed E-state index contributed by atoms with van der Waals surface area (Å²) in [5.41, 5.74) is 3.67. The summed E-state index contributed by atoms with van der Waals surface area (Å²) in [4.78, 5) is 17.8. The zero-order valence-electron chi connectivity index (χ0n) is 16.1. The van der Waals surface area contributed by atoms with Crippen LogP contribution in [0.15, 0.2) is 47.4 Å². The SMILES string of the molecule is Cc1nc2c(OCc3ccc(Cl)cc3Cl)cccn2c(=O)c1-c1cc(C)n(C)n1. The molecule has 8 heteroatoms. The lowest BCUT2D eigenvalue weighted by atomic mass is 10.1. The first kappa shape index (κ1) is 19.5. The maximum absolute atomic E-state index is 13.2. The molecule has 0 saturated heterocycles. The van der Waals surface area contributed by atoms with Gasteiger partial charge in [0.25, 0.3) is 5.56 Å². The van der Waals surface area contributed by atoms with Gasteiger partial charge in [-0.3, -0.25) is 13.9 Å². The van der Waals surface area contributed by atoms with Crippen molar-refractivity contribution in [2.24, 2.45) is 7.05 Å². The van der Waals surface area contributed by atoms with Crippen LogP contribution in [0.25, 0.3) is 16.9 Å². The molecular formula is C21H18Cl2N4O2. The molecule has 0 bridgehead atoms. The van der Waals surface area contributed by atoms with E-state index in [4.69, 9.17) is 27.9 Å². The van der Waals surface area contributed by atoms with Crippen LogP contribution in [0, 0.1) is 13.8 Å². The summed E-state index contributed by atoms with van der Waals surface area (Å²) < 4.78 is 9.15. The molecule has 1 aromatic carbocycles. The minimum absolute atomic E-state index is 0.194. The van der Waals surface area contributed by atoms with Crippen LogP contribution in [0.2, 0.25) is 10.0 Å². The standard InChI is InChI=1S/C21H18Cl2N4O2/c1-12-9-17(25-26(12)3)19-13(2)24-20-18(5-4-8-27(20)21(19)28)29-11-14-6-7-15(22)10-16(14)23/h4-10H,11H2,1-3H3. The molecule has 29 heavy (non-hydrogen) atoms. The second kappa shape index (κ2) is 7.54. The Kier molecular flexibility index (Phi) is 5.06. The lowest BCUT2D eigenvalue weighted by Crippen LogP contribution is -2.19. The van der Waals surface area contributed by atoms with Gasteiger partial charge in [0, 0.05) is 34.5 Å². The first-order valence-corrected chi connectivity index (χ1v) is 9.70. The van der Waals surface area contributed by atoms with E-state index in [1.165, 1.54) is 4.40 Å². The molecule has 0 radical (unpaired) electrons. The quantitative estimate of drug-likeness (QED) is 0.476. The molecule has 0 amide bonds. The first-order chi connectivity index (χ1) is 13.8. The Labute approximate surface area is 177 Å². The normalized spacial score (nSPS) is 11.2. The summed E-state index contributed by atoms with van der Waals surface area (Å²) in [6.45, 7) is 3.96. The van der Waals surface area contributed by atoms with Crippen molar-refractivity contribution < 1.29 is 4.74 Å². The van der Waals surface area contributed by atoms with Crippen molar-refractivity contribution >= 4 is 28.8 Å². The molecule has 4 rings (SSSR count). The molecule has 3 aromatic heterocycles. The molecule has 0 spiro atoms. The molecule has 0 saturated carbocycles. The van der Waals surface area contributed by atoms with E-state index < -0.39 is 0 Å². The maximum Gasteiger partial charge on any atom is 0.267 e. The number of rotatable bonds is 4. The van der Waals surface area contributed by atoms with Gasteiger partial charge in [0.1, 0.15) is 6.61 Å². The summed E-state index contributed by atoms with van der Waals surface area (Å²) in [5, 5.41) is 5.51. The topological polar surface area (TPSA) is 61.4 Å². The maximum atomic E-state index is 13.2. The average Bonchev–Trinajstić information content (AvgIpc) is 2.99. The highest BCUT2D eigenvalue weighted by Gasteiger charge is 2.17. The van der Waals surface area contributed by atoms with E-state index in [-0.39, 0.29) is 12.2 Å². The zero-order chi connectivity index (χ0) is 20.7. The van der Waals surface area contributed by atoms with Crippen molar-refractivity contribution in [3.05, 3.63) is 79.9 Å². The minimum atomic E-state index is -0.194. The van der Waals surface area contributed by atoms with E-state index in [1.807, 2.05) is 26.1 Å². The highest BCUT2D eigenvalue weighted by molar-refractivity contribution is 6.35. The number of hydrogen-bond donors (Lipinski definition) is 0. The van der Waals surface area contributed by atoms with E-state index >= 15 is 0 Å². The van der Waals surface area contributed by atoms with E-state index in [0.717, 1.165) is 11.3 Å². The minimum Gasteiger partial charge on any atom is -0.485 e. The van der Waals surface area contributed by atoms with Crippen LogP contribution in [0.3, 0.4) is 0 Å². The number of ether oxygens (including phenoxy) is 1. The van der Waals surface area contributed by atoms with Crippen LogP contribution in [0.4, 0.5) is 0 Å². The number of halogens is 2. The van der Waals surface area contributed by atoms with Gasteiger partial charge < -0.3 is 4.74 Å². The number of benzene rings is 1. The predicted molar refractivity (Wildman–Crippen MR) is 114 cm³/mol. The number of aryl methyl sites for hydroxylation is 3. The van der Waals surface area contributed by atoms with Crippen LogP contribution < -0.4 is 10.3 Å². The van der Waals surface area contributed by atoms with Crippen LogP contribution in [-0.2, 0) is 13.7 Å². The highest BCUT2D eigenvalue weighted by atomic mass is 35.5. The van der Waals surface area contributed by atoms with Gasteiger partial charge in [-0.15, -0.1) is 0 Å². The van der Waals surface area contributed by atoms with Gasteiger partial charge in [0.15, 0.2) is 11.4 Å². The number of aromatic nitrogens is 4. The third kappa shape index (κ3) is 3.61. The van der Waals surface area contributed by atoms with E-state index in [0.29, 0.717) is 38.4 Å². The molecule has 0 N–H and O–H groups in total. The van der Waals surface area contributed by atoms with E-state index in [1.54, 1.807) is 42.1 Å². The van der Waals surface area contributed by atoms with Crippen molar-refractivity contribution in [1.29, 1.82) is 0 Å². The van der Waals surface area contributed by atoms with Gasteiger partial charge in [0.2, 0.25) is 0 Å². The van der Waals surface area contributed by atoms with Crippen LogP contribution in [0.1, 0.15) is 17.0 Å². The lowest BCUT2D eigenvalue weighted by Gasteiger charge is -2.12. The van der Waals surface area contributed by atoms with Crippen molar-refractivity contribution in [3.8, 4) is 17.0 Å². The molecule has 0 aliphatic rings. The monoisotopic (exact) mass is 428 g/mol. The fourth-order valence-electron chi connectivity index (χ4n) is 3.13. The molecule has 0 aliphatic carbocycles. The number of pyridine rings is 1. The molecule has 4 aromatic rings. The Bertz CT molecular complexity index is 1270. The van der Waals surface area contributed by atoms with Crippen LogP contribution >= 0.6 is 23.2 Å². The smallest absolute Gasteiger partial charge is 0.267 e. The van der Waals surface area contributed by atoms with Gasteiger partial charge in [0.05, 0.1) is 17.0 Å². The Morgan fingerprint density at radius 1 is 1.14 bits per heavy atom. The molecule has 0 fully saturated rings. The van der Waals surface area contributed by atoms with Gasteiger partial charge in [-0.2, -0.15) is 5.10 Å². The van der Waals surface area contributed by atoms with Gasteiger partial charge in [-0.1, -0.05) is 29.3 Å². The fourth-order valence-corrected chi connectivity index (χ4v) is 3.59. The fraction of sp³-hybridized carbons (Fsp3) is 0.190. The Morgan fingerprint density at radius 2 is 1.93 bits per heavy atom. The van der Waals surface area contributed by atoms with Gasteiger partial charge in [-0.25, -0.2) is 4.98 Å². The van der Waals surface area contributed by atoms with Crippen molar-refractivity contribution in [1.82, 2.24) is 19.2 Å². The second-order valence-corrected chi connectivity index (χ2v) is 7.61. The summed E-state index contributed by atoms with van der Waals surface area (Å²) in [6, 6.07) is 10.6. The largest absolute Gasteiger partial charge is 0.485 e. The molecular weight excluding hydrogens is 411 g/mol. The number of fused-ring (bicyclic) bond motifs is 1. The van der Waals surface area contributed by atoms with Gasteiger partial charge >= 0.3 is 0 Å². The highest BCUT2D eigenvalue weighted by Crippen LogP contribution is 2.25. The van der Waals surface area contributed by atoms with Crippen molar-refractivity contribution in [2.45, 2.75) is 20.5 Å². The summed E-state index contributed by atoms with van der Waals surface area (Å²) in [7, 11) is 1.84.